The Morgan fingerprint density at radius 3 is 2.57 bits per heavy atom. The lowest BCUT2D eigenvalue weighted by atomic mass is 9.47. The van der Waals surface area contributed by atoms with Crippen molar-refractivity contribution in [3.05, 3.63) is 11.6 Å². The first-order chi connectivity index (χ1) is 17.5. The molecular formula is C33H56O3S. The Morgan fingerprint density at radius 2 is 1.84 bits per heavy atom. The predicted octanol–water partition coefficient (Wildman–Crippen LogP) is 8.14. The van der Waals surface area contributed by atoms with Crippen LogP contribution in [0.1, 0.15) is 119 Å². The summed E-state index contributed by atoms with van der Waals surface area (Å²) in [6, 6.07) is 0. The van der Waals surface area contributed by atoms with Gasteiger partial charge in [0.25, 0.3) is 0 Å². The average molecular weight is 533 g/mol. The molecule has 0 bridgehead atoms. The lowest BCUT2D eigenvalue weighted by Crippen LogP contribution is -2.51. The van der Waals surface area contributed by atoms with Gasteiger partial charge in [-0.25, -0.2) is 0 Å². The second-order valence-electron chi connectivity index (χ2n) is 14.3. The Hall–Kier alpha value is -0.480. The topological polar surface area (TPSA) is 43.4 Å². The molecule has 0 spiro atoms. The van der Waals surface area contributed by atoms with Gasteiger partial charge in [0.15, 0.2) is 0 Å². The number of allylic oxidation sites excluding steroid dienone is 1. The highest BCUT2D eigenvalue weighted by molar-refractivity contribution is 7.85. The minimum absolute atomic E-state index is 0.121. The number of rotatable bonds is 12. The minimum atomic E-state index is -0.945. The van der Waals surface area contributed by atoms with E-state index < -0.39 is 10.8 Å². The van der Waals surface area contributed by atoms with Crippen molar-refractivity contribution in [2.45, 2.75) is 125 Å². The summed E-state index contributed by atoms with van der Waals surface area (Å²) >= 11 is 0. The van der Waals surface area contributed by atoms with Gasteiger partial charge in [0.2, 0.25) is 0 Å². The molecule has 0 aromatic rings. The summed E-state index contributed by atoms with van der Waals surface area (Å²) in [5.74, 6) is 6.43. The third-order valence-corrected chi connectivity index (χ3v) is 12.9. The van der Waals surface area contributed by atoms with Crippen molar-refractivity contribution in [1.29, 1.82) is 0 Å². The van der Waals surface area contributed by atoms with Crippen LogP contribution in [0, 0.1) is 46.3 Å². The van der Waals surface area contributed by atoms with Crippen LogP contribution in [0.15, 0.2) is 11.6 Å². The van der Waals surface area contributed by atoms with Crippen molar-refractivity contribution in [2.24, 2.45) is 46.3 Å². The Morgan fingerprint density at radius 1 is 1.05 bits per heavy atom. The average Bonchev–Trinajstić information content (AvgIpc) is 3.20. The van der Waals surface area contributed by atoms with E-state index in [2.05, 4.69) is 40.7 Å². The van der Waals surface area contributed by atoms with Crippen LogP contribution in [0.2, 0.25) is 0 Å². The maximum atomic E-state index is 12.2. The van der Waals surface area contributed by atoms with Crippen molar-refractivity contribution >= 4 is 16.6 Å². The lowest BCUT2D eigenvalue weighted by molar-refractivity contribution is -0.116. The lowest BCUT2D eigenvalue weighted by Gasteiger charge is -2.58. The zero-order chi connectivity index (χ0) is 26.8. The first-order valence-electron chi connectivity index (χ1n) is 15.7. The van der Waals surface area contributed by atoms with Crippen molar-refractivity contribution < 1.29 is 13.7 Å². The molecule has 212 valence electrons. The quantitative estimate of drug-likeness (QED) is 0.238. The Labute approximate surface area is 230 Å². The molecule has 37 heavy (non-hydrogen) atoms. The monoisotopic (exact) mass is 532 g/mol. The maximum Gasteiger partial charge on any atom is 0.130 e. The summed E-state index contributed by atoms with van der Waals surface area (Å²) in [4.78, 5) is 11.1. The van der Waals surface area contributed by atoms with Crippen LogP contribution in [0.3, 0.4) is 0 Å². The molecule has 0 radical (unpaired) electrons. The van der Waals surface area contributed by atoms with Gasteiger partial charge in [0, 0.05) is 28.7 Å². The molecule has 0 amide bonds. The van der Waals surface area contributed by atoms with E-state index in [-0.39, 0.29) is 11.9 Å². The number of fused-ring (bicyclic) bond motifs is 5. The van der Waals surface area contributed by atoms with Crippen molar-refractivity contribution in [1.82, 2.24) is 0 Å². The van der Waals surface area contributed by atoms with Gasteiger partial charge in [-0.15, -0.1) is 0 Å². The van der Waals surface area contributed by atoms with Gasteiger partial charge in [-0.05, 0) is 105 Å². The molecule has 3 saturated carbocycles. The van der Waals surface area contributed by atoms with Crippen LogP contribution in [0.5, 0.6) is 0 Å². The van der Waals surface area contributed by atoms with E-state index in [0.717, 1.165) is 48.3 Å². The van der Waals surface area contributed by atoms with Crippen LogP contribution in [0.4, 0.5) is 0 Å². The molecule has 0 N–H and O–H groups in total. The molecule has 4 rings (SSSR count). The fourth-order valence-electron chi connectivity index (χ4n) is 9.46. The second-order valence-corrected chi connectivity index (χ2v) is 16.0. The van der Waals surface area contributed by atoms with Crippen LogP contribution in [-0.2, 0) is 20.3 Å². The Kier molecular flexibility index (Phi) is 9.85. The normalized spacial score (nSPS) is 38.9. The third kappa shape index (κ3) is 6.47. The van der Waals surface area contributed by atoms with Gasteiger partial charge in [-0.2, -0.15) is 0 Å². The summed E-state index contributed by atoms with van der Waals surface area (Å²) in [5.41, 5.74) is 2.58. The highest BCUT2D eigenvalue weighted by Crippen LogP contribution is 2.67. The summed E-state index contributed by atoms with van der Waals surface area (Å²) in [6.07, 6.45) is 18.1. The van der Waals surface area contributed by atoms with Gasteiger partial charge >= 0.3 is 0 Å². The number of carbonyl (C=O) groups is 1. The van der Waals surface area contributed by atoms with Gasteiger partial charge in [-0.1, -0.05) is 65.5 Å². The highest BCUT2D eigenvalue weighted by Gasteiger charge is 2.59. The predicted molar refractivity (Wildman–Crippen MR) is 156 cm³/mol. The Bertz CT molecular complexity index is 849. The molecule has 4 aliphatic carbocycles. The van der Waals surface area contributed by atoms with E-state index in [9.17, 15) is 9.00 Å². The molecule has 0 aromatic carbocycles. The standard InChI is InChI=1S/C33H56O3S/c1-23(2)8-7-9-24(3)29-12-13-30-28-11-10-26-22-27(36-19-21-37(35)20-16-25(4)34)14-17-32(26,5)31(28)15-18-33(29,30)6/h10,23-24,27-31H,7-9,11-22H2,1-6H3. The Balaban J connectivity index is 1.33. The van der Waals surface area contributed by atoms with E-state index in [1.165, 1.54) is 57.8 Å². The van der Waals surface area contributed by atoms with Gasteiger partial charge < -0.3 is 4.74 Å². The molecule has 4 aliphatic rings. The zero-order valence-corrected chi connectivity index (χ0v) is 25.7. The molecule has 9 atom stereocenters. The van der Waals surface area contributed by atoms with Crippen molar-refractivity contribution in [3.63, 3.8) is 0 Å². The summed E-state index contributed by atoms with van der Waals surface area (Å²) < 4.78 is 18.4. The number of ketones is 1. The van der Waals surface area contributed by atoms with Crippen LogP contribution >= 0.6 is 0 Å². The molecule has 3 nitrogen and oxygen atoms in total. The molecule has 0 aliphatic heterocycles. The van der Waals surface area contributed by atoms with Crippen molar-refractivity contribution in [2.75, 3.05) is 18.1 Å². The van der Waals surface area contributed by atoms with Crippen LogP contribution in [-0.4, -0.2) is 34.2 Å². The van der Waals surface area contributed by atoms with Gasteiger partial charge in [0.05, 0.1) is 12.7 Å². The fourth-order valence-corrected chi connectivity index (χ4v) is 10.5. The SMILES string of the molecule is CC(=O)CCS(=O)CCOC1CCC2(C)C(=CCC3C2CCC2(C)C(C(C)CCCC(C)C)CCC32)C1. The third-order valence-electron chi connectivity index (χ3n) is 11.6. The smallest absolute Gasteiger partial charge is 0.130 e. The van der Waals surface area contributed by atoms with E-state index in [0.29, 0.717) is 35.4 Å². The molecule has 0 aromatic heterocycles. The van der Waals surface area contributed by atoms with Crippen LogP contribution in [0.25, 0.3) is 0 Å². The van der Waals surface area contributed by atoms with E-state index >= 15 is 0 Å². The van der Waals surface area contributed by atoms with Crippen molar-refractivity contribution in [3.8, 4) is 0 Å². The molecule has 0 heterocycles. The molecular weight excluding hydrogens is 476 g/mol. The second kappa shape index (κ2) is 12.4. The zero-order valence-electron chi connectivity index (χ0n) is 24.9. The first-order valence-corrected chi connectivity index (χ1v) is 17.2. The highest BCUT2D eigenvalue weighted by atomic mass is 32.2. The largest absolute Gasteiger partial charge is 0.377 e. The number of ether oxygens (including phenoxy) is 1. The summed E-state index contributed by atoms with van der Waals surface area (Å²) in [7, 11) is -0.945. The number of carbonyl (C=O) groups excluding carboxylic acids is 1. The fraction of sp³-hybridized carbons (Fsp3) is 0.909. The minimum Gasteiger partial charge on any atom is -0.377 e. The summed E-state index contributed by atoms with van der Waals surface area (Å²) in [6.45, 7) is 14.7. The number of hydrogen-bond acceptors (Lipinski definition) is 3. The van der Waals surface area contributed by atoms with E-state index in [1.54, 1.807) is 12.5 Å². The molecule has 9 unspecified atom stereocenters. The molecule has 4 heteroatoms. The van der Waals surface area contributed by atoms with E-state index in [4.69, 9.17) is 4.74 Å². The maximum absolute atomic E-state index is 12.2. The van der Waals surface area contributed by atoms with Gasteiger partial charge in [0.1, 0.15) is 5.78 Å². The molecule has 0 saturated heterocycles. The number of Topliss-reactive ketones (excluding diaryl/α,β-unsaturated/α-hetero) is 1. The number of hydrogen-bond donors (Lipinski definition) is 0. The van der Waals surface area contributed by atoms with Gasteiger partial charge in [-0.3, -0.25) is 9.00 Å². The first kappa shape index (κ1) is 29.5. The van der Waals surface area contributed by atoms with E-state index in [1.807, 2.05) is 0 Å². The molecule has 3 fully saturated rings. The van der Waals surface area contributed by atoms with Crippen LogP contribution < -0.4 is 0 Å². The summed E-state index contributed by atoms with van der Waals surface area (Å²) in [5, 5.41) is 0.